The van der Waals surface area contributed by atoms with Crippen molar-refractivity contribution < 1.29 is 14.1 Å². The average Bonchev–Trinajstić information content (AvgIpc) is 3.27. The van der Waals surface area contributed by atoms with Gasteiger partial charge in [0.2, 0.25) is 0 Å². The van der Waals surface area contributed by atoms with Crippen LogP contribution in [0.15, 0.2) is 4.52 Å². The lowest BCUT2D eigenvalue weighted by Crippen LogP contribution is -2.22. The summed E-state index contributed by atoms with van der Waals surface area (Å²) in [4.78, 5) is 22.0. The third kappa shape index (κ3) is 4.51. The van der Waals surface area contributed by atoms with Gasteiger partial charge in [-0.05, 0) is 64.9 Å². The third-order valence-corrected chi connectivity index (χ3v) is 6.05. The van der Waals surface area contributed by atoms with Crippen molar-refractivity contribution >= 4 is 5.97 Å². The van der Waals surface area contributed by atoms with Crippen molar-refractivity contribution in [2.45, 2.75) is 79.6 Å². The largest absolute Gasteiger partial charge is 0.466 e. The Bertz CT molecular complexity index is 853. The Morgan fingerprint density at radius 2 is 1.97 bits per heavy atom. The highest BCUT2D eigenvalue weighted by molar-refractivity contribution is 5.73. The van der Waals surface area contributed by atoms with Crippen LogP contribution in [0.1, 0.15) is 80.9 Å². The molecule has 0 N–H and O–H groups in total. The van der Waals surface area contributed by atoms with E-state index in [-0.39, 0.29) is 17.8 Å². The molecule has 0 saturated heterocycles. The summed E-state index contributed by atoms with van der Waals surface area (Å²) >= 11 is 0. The van der Waals surface area contributed by atoms with E-state index in [2.05, 4.69) is 25.9 Å². The summed E-state index contributed by atoms with van der Waals surface area (Å²) in [5, 5.41) is 4.11. The molecule has 2 aromatic rings. The van der Waals surface area contributed by atoms with Gasteiger partial charge < -0.3 is 9.26 Å². The molecule has 2 heterocycles. The first-order valence-corrected chi connectivity index (χ1v) is 10.8. The number of ether oxygens (including phenoxy) is 1. The van der Waals surface area contributed by atoms with E-state index in [4.69, 9.17) is 19.2 Å². The molecule has 1 fully saturated rings. The van der Waals surface area contributed by atoms with E-state index >= 15 is 0 Å². The summed E-state index contributed by atoms with van der Waals surface area (Å²) in [7, 11) is 0. The summed E-state index contributed by atoms with van der Waals surface area (Å²) in [6.07, 6.45) is 4.90. The molecule has 0 amide bonds. The van der Waals surface area contributed by atoms with Crippen LogP contribution in [-0.4, -0.2) is 27.7 Å². The molecule has 29 heavy (non-hydrogen) atoms. The number of carbonyl (C=O) groups excluding carboxylic acids is 1. The van der Waals surface area contributed by atoms with Crippen LogP contribution >= 0.6 is 0 Å². The molecule has 2 aromatic heterocycles. The van der Waals surface area contributed by atoms with E-state index in [1.807, 2.05) is 20.8 Å². The number of carbonyl (C=O) groups is 1. The van der Waals surface area contributed by atoms with Crippen LogP contribution in [0.5, 0.6) is 0 Å². The molecular formula is C23H33N3O3. The monoisotopic (exact) mass is 399 g/mol. The molecule has 1 aliphatic rings. The Balaban J connectivity index is 1.88. The SMILES string of the molecule is CCOC(=O)C1CCC[C@@H]1CCc1nc(C(C)C)nc(-c2c(C)noc2C)c1C. The Labute approximate surface area is 173 Å². The van der Waals surface area contributed by atoms with Crippen LogP contribution in [0.25, 0.3) is 11.3 Å². The second kappa shape index (κ2) is 9.06. The lowest BCUT2D eigenvalue weighted by molar-refractivity contribution is -0.149. The minimum absolute atomic E-state index is 0.0312. The number of hydrogen-bond donors (Lipinski definition) is 0. The van der Waals surface area contributed by atoms with E-state index in [0.717, 1.165) is 71.9 Å². The molecule has 1 aliphatic carbocycles. The lowest BCUT2D eigenvalue weighted by Gasteiger charge is -2.19. The predicted molar refractivity (Wildman–Crippen MR) is 112 cm³/mol. The zero-order chi connectivity index (χ0) is 21.1. The molecule has 0 aliphatic heterocycles. The second-order valence-electron chi connectivity index (χ2n) is 8.44. The van der Waals surface area contributed by atoms with E-state index < -0.39 is 0 Å². The Hall–Kier alpha value is -2.24. The van der Waals surface area contributed by atoms with Gasteiger partial charge in [0.1, 0.15) is 11.6 Å². The summed E-state index contributed by atoms with van der Waals surface area (Å²) in [5.74, 6) is 2.22. The summed E-state index contributed by atoms with van der Waals surface area (Å²) in [6.45, 7) is 12.5. The van der Waals surface area contributed by atoms with Gasteiger partial charge in [0.15, 0.2) is 0 Å². The van der Waals surface area contributed by atoms with E-state index in [1.165, 1.54) is 0 Å². The van der Waals surface area contributed by atoms with Crippen molar-refractivity contribution in [3.63, 3.8) is 0 Å². The van der Waals surface area contributed by atoms with Crippen LogP contribution in [0, 0.1) is 32.6 Å². The molecule has 2 atom stereocenters. The Morgan fingerprint density at radius 1 is 1.21 bits per heavy atom. The van der Waals surface area contributed by atoms with Gasteiger partial charge in [-0.15, -0.1) is 0 Å². The predicted octanol–water partition coefficient (Wildman–Crippen LogP) is 5.09. The van der Waals surface area contributed by atoms with Gasteiger partial charge in [-0.2, -0.15) is 0 Å². The fourth-order valence-electron chi connectivity index (χ4n) is 4.41. The van der Waals surface area contributed by atoms with Crippen molar-refractivity contribution in [1.82, 2.24) is 15.1 Å². The van der Waals surface area contributed by atoms with Crippen molar-refractivity contribution in [1.29, 1.82) is 0 Å². The zero-order valence-electron chi connectivity index (χ0n) is 18.5. The number of rotatable bonds is 7. The first kappa shape index (κ1) is 21.5. The van der Waals surface area contributed by atoms with Gasteiger partial charge in [-0.3, -0.25) is 4.79 Å². The molecule has 0 aromatic carbocycles. The van der Waals surface area contributed by atoms with Crippen molar-refractivity contribution in [3.05, 3.63) is 28.5 Å². The van der Waals surface area contributed by atoms with Gasteiger partial charge in [0.05, 0.1) is 29.5 Å². The van der Waals surface area contributed by atoms with E-state index in [9.17, 15) is 4.79 Å². The van der Waals surface area contributed by atoms with Crippen LogP contribution in [0.2, 0.25) is 0 Å². The van der Waals surface area contributed by atoms with Gasteiger partial charge in [-0.1, -0.05) is 25.4 Å². The molecular weight excluding hydrogens is 366 g/mol. The van der Waals surface area contributed by atoms with Crippen LogP contribution in [0.3, 0.4) is 0 Å². The highest BCUT2D eigenvalue weighted by Gasteiger charge is 2.34. The smallest absolute Gasteiger partial charge is 0.309 e. The number of aromatic nitrogens is 3. The van der Waals surface area contributed by atoms with Crippen molar-refractivity contribution in [2.75, 3.05) is 6.61 Å². The molecule has 3 rings (SSSR count). The van der Waals surface area contributed by atoms with Crippen LogP contribution < -0.4 is 0 Å². The highest BCUT2D eigenvalue weighted by Crippen LogP contribution is 2.37. The normalized spacial score (nSPS) is 19.1. The highest BCUT2D eigenvalue weighted by atomic mass is 16.5. The van der Waals surface area contributed by atoms with E-state index in [0.29, 0.717) is 12.5 Å². The summed E-state index contributed by atoms with van der Waals surface area (Å²) in [5.41, 5.74) is 4.88. The molecule has 1 unspecified atom stereocenters. The molecule has 0 bridgehead atoms. The molecule has 6 heteroatoms. The first-order chi connectivity index (χ1) is 13.8. The fourth-order valence-corrected chi connectivity index (χ4v) is 4.41. The number of nitrogens with zero attached hydrogens (tertiary/aromatic N) is 3. The first-order valence-electron chi connectivity index (χ1n) is 10.8. The van der Waals surface area contributed by atoms with E-state index in [1.54, 1.807) is 0 Å². The minimum atomic E-state index is -0.0336. The second-order valence-corrected chi connectivity index (χ2v) is 8.44. The maximum absolute atomic E-state index is 12.3. The molecule has 0 spiro atoms. The molecule has 158 valence electrons. The maximum atomic E-state index is 12.3. The molecule has 1 saturated carbocycles. The van der Waals surface area contributed by atoms with Crippen LogP contribution in [-0.2, 0) is 16.0 Å². The third-order valence-electron chi connectivity index (χ3n) is 6.05. The quantitative estimate of drug-likeness (QED) is 0.603. The lowest BCUT2D eigenvalue weighted by atomic mass is 9.90. The molecule has 6 nitrogen and oxygen atoms in total. The Morgan fingerprint density at radius 3 is 2.59 bits per heavy atom. The zero-order valence-corrected chi connectivity index (χ0v) is 18.5. The van der Waals surface area contributed by atoms with Crippen molar-refractivity contribution in [3.8, 4) is 11.3 Å². The molecule has 0 radical (unpaired) electrons. The Kier molecular flexibility index (Phi) is 6.70. The van der Waals surface area contributed by atoms with Crippen molar-refractivity contribution in [2.24, 2.45) is 11.8 Å². The summed E-state index contributed by atoms with van der Waals surface area (Å²) < 4.78 is 10.7. The number of hydrogen-bond acceptors (Lipinski definition) is 6. The number of aryl methyl sites for hydroxylation is 3. The van der Waals surface area contributed by atoms with Gasteiger partial charge >= 0.3 is 5.97 Å². The summed E-state index contributed by atoms with van der Waals surface area (Å²) in [6, 6.07) is 0. The van der Waals surface area contributed by atoms with Crippen LogP contribution in [0.4, 0.5) is 0 Å². The fraction of sp³-hybridized carbons (Fsp3) is 0.652. The standard InChI is InChI=1S/C23H33N3O3/c1-7-28-23(27)18-10-8-9-17(18)11-12-19-14(4)21(25-22(24-19)13(2)3)20-15(5)26-29-16(20)6/h13,17-18H,7-12H2,1-6H3/t17-,18?/m1/s1. The number of esters is 1. The maximum Gasteiger partial charge on any atom is 0.309 e. The minimum Gasteiger partial charge on any atom is -0.466 e. The van der Waals surface area contributed by atoms with Gasteiger partial charge in [0, 0.05) is 11.6 Å². The van der Waals surface area contributed by atoms with Gasteiger partial charge in [0.25, 0.3) is 0 Å². The average molecular weight is 400 g/mol. The topological polar surface area (TPSA) is 78.1 Å². The van der Waals surface area contributed by atoms with Gasteiger partial charge in [-0.25, -0.2) is 9.97 Å².